The summed E-state index contributed by atoms with van der Waals surface area (Å²) in [4.78, 5) is 2.30. The van der Waals surface area contributed by atoms with Crippen molar-refractivity contribution in [3.8, 4) is 6.07 Å². The van der Waals surface area contributed by atoms with Gasteiger partial charge in [-0.05, 0) is 37.4 Å². The molecule has 4 heteroatoms. The molecule has 94 valence electrons. The van der Waals surface area contributed by atoms with Crippen molar-refractivity contribution in [2.45, 2.75) is 18.9 Å². The summed E-state index contributed by atoms with van der Waals surface area (Å²) in [5.41, 5.74) is 1.60. The normalized spacial score (nSPS) is 26.8. The number of hydrogen-bond donors (Lipinski definition) is 1. The third-order valence-corrected chi connectivity index (χ3v) is 4.36. The van der Waals surface area contributed by atoms with Crippen LogP contribution < -0.4 is 10.2 Å². The first-order valence-corrected chi connectivity index (χ1v) is 6.84. The predicted molar refractivity (Wildman–Crippen MR) is 72.9 cm³/mol. The number of fused-ring (bicyclic) bond motifs is 1. The second-order valence-corrected chi connectivity index (χ2v) is 5.52. The quantitative estimate of drug-likeness (QED) is 0.844. The van der Waals surface area contributed by atoms with Gasteiger partial charge in [0.1, 0.15) is 6.07 Å². The van der Waals surface area contributed by atoms with Crippen LogP contribution in [-0.4, -0.2) is 25.7 Å². The zero-order chi connectivity index (χ0) is 12.5. The molecule has 0 aliphatic carbocycles. The van der Waals surface area contributed by atoms with Crippen LogP contribution in [0, 0.1) is 17.2 Å². The molecule has 2 aliphatic rings. The molecule has 0 aromatic heterocycles. The zero-order valence-corrected chi connectivity index (χ0v) is 11.0. The fourth-order valence-corrected chi connectivity index (χ4v) is 3.34. The molecule has 0 amide bonds. The lowest BCUT2D eigenvalue weighted by Crippen LogP contribution is -2.40. The molecule has 2 atom stereocenters. The van der Waals surface area contributed by atoms with E-state index < -0.39 is 0 Å². The Kier molecular flexibility index (Phi) is 3.15. The van der Waals surface area contributed by atoms with E-state index in [4.69, 9.17) is 11.6 Å². The Hall–Kier alpha value is -1.24. The fraction of sp³-hybridized carbons (Fsp3) is 0.500. The number of nitriles is 1. The van der Waals surface area contributed by atoms with Crippen LogP contribution >= 0.6 is 11.6 Å². The molecule has 2 unspecified atom stereocenters. The fourth-order valence-electron chi connectivity index (χ4n) is 3.13. The van der Waals surface area contributed by atoms with Crippen LogP contribution in [0.4, 0.5) is 5.69 Å². The Morgan fingerprint density at radius 1 is 1.39 bits per heavy atom. The number of rotatable bonds is 1. The SMILES string of the molecule is N#Cc1c(Cl)cccc1N1CC2CCCNC2C1. The lowest BCUT2D eigenvalue weighted by molar-refractivity contribution is 0.340. The van der Waals surface area contributed by atoms with E-state index >= 15 is 0 Å². The van der Waals surface area contributed by atoms with E-state index in [-0.39, 0.29) is 0 Å². The van der Waals surface area contributed by atoms with Gasteiger partial charge < -0.3 is 10.2 Å². The van der Waals surface area contributed by atoms with Crippen molar-refractivity contribution in [3.63, 3.8) is 0 Å². The van der Waals surface area contributed by atoms with Crippen molar-refractivity contribution in [2.75, 3.05) is 24.5 Å². The maximum Gasteiger partial charge on any atom is 0.103 e. The van der Waals surface area contributed by atoms with Gasteiger partial charge in [-0.1, -0.05) is 17.7 Å². The van der Waals surface area contributed by atoms with E-state index in [0.29, 0.717) is 22.5 Å². The molecule has 0 saturated carbocycles. The van der Waals surface area contributed by atoms with E-state index in [2.05, 4.69) is 16.3 Å². The number of nitrogens with zero attached hydrogens (tertiary/aromatic N) is 2. The predicted octanol–water partition coefficient (Wildman–Crippen LogP) is 2.40. The molecule has 1 aromatic rings. The lowest BCUT2D eigenvalue weighted by atomic mass is 9.94. The molecule has 18 heavy (non-hydrogen) atoms. The molecule has 2 fully saturated rings. The van der Waals surface area contributed by atoms with Crippen LogP contribution in [0.3, 0.4) is 0 Å². The molecule has 2 saturated heterocycles. The summed E-state index contributed by atoms with van der Waals surface area (Å²) >= 11 is 6.10. The molecule has 2 aliphatic heterocycles. The van der Waals surface area contributed by atoms with Crippen LogP contribution in [-0.2, 0) is 0 Å². The Bertz CT molecular complexity index is 480. The van der Waals surface area contributed by atoms with Crippen molar-refractivity contribution in [1.82, 2.24) is 5.32 Å². The standard InChI is InChI=1S/C14H16ClN3/c15-12-4-1-5-14(11(12)7-16)18-8-10-3-2-6-17-13(10)9-18/h1,4-5,10,13,17H,2-3,6,8-9H2. The van der Waals surface area contributed by atoms with Gasteiger partial charge in [-0.15, -0.1) is 0 Å². The van der Waals surface area contributed by atoms with Gasteiger partial charge in [0.2, 0.25) is 0 Å². The summed E-state index contributed by atoms with van der Waals surface area (Å²) < 4.78 is 0. The maximum atomic E-state index is 9.24. The average molecular weight is 262 g/mol. The van der Waals surface area contributed by atoms with Gasteiger partial charge in [-0.3, -0.25) is 0 Å². The molecule has 0 bridgehead atoms. The van der Waals surface area contributed by atoms with Crippen molar-refractivity contribution < 1.29 is 0 Å². The van der Waals surface area contributed by atoms with Crippen LogP contribution in [0.25, 0.3) is 0 Å². The minimum Gasteiger partial charge on any atom is -0.369 e. The minimum atomic E-state index is 0.554. The van der Waals surface area contributed by atoms with E-state index in [1.807, 2.05) is 12.1 Å². The zero-order valence-electron chi connectivity index (χ0n) is 10.2. The molecular formula is C14H16ClN3. The molecule has 1 N–H and O–H groups in total. The van der Waals surface area contributed by atoms with Crippen LogP contribution in [0.5, 0.6) is 0 Å². The highest BCUT2D eigenvalue weighted by atomic mass is 35.5. The van der Waals surface area contributed by atoms with Crippen molar-refractivity contribution >= 4 is 17.3 Å². The first-order valence-electron chi connectivity index (χ1n) is 6.46. The number of benzene rings is 1. The van der Waals surface area contributed by atoms with Gasteiger partial charge in [-0.25, -0.2) is 0 Å². The summed E-state index contributed by atoms with van der Waals surface area (Å²) in [7, 11) is 0. The van der Waals surface area contributed by atoms with Gasteiger partial charge in [0.15, 0.2) is 0 Å². The summed E-state index contributed by atoms with van der Waals surface area (Å²) in [5.74, 6) is 0.712. The highest BCUT2D eigenvalue weighted by Gasteiger charge is 2.35. The molecule has 3 nitrogen and oxygen atoms in total. The molecule has 0 radical (unpaired) electrons. The van der Waals surface area contributed by atoms with Crippen molar-refractivity contribution in [3.05, 3.63) is 28.8 Å². The lowest BCUT2D eigenvalue weighted by Gasteiger charge is -2.24. The van der Waals surface area contributed by atoms with Gasteiger partial charge in [0, 0.05) is 19.1 Å². The van der Waals surface area contributed by atoms with Crippen molar-refractivity contribution in [2.24, 2.45) is 5.92 Å². The third-order valence-electron chi connectivity index (χ3n) is 4.04. The monoisotopic (exact) mass is 261 g/mol. The summed E-state index contributed by atoms with van der Waals surface area (Å²) in [6.07, 6.45) is 2.55. The van der Waals surface area contributed by atoms with E-state index in [1.165, 1.54) is 12.8 Å². The molecule has 3 rings (SSSR count). The molecule has 0 spiro atoms. The summed E-state index contributed by atoms with van der Waals surface area (Å²) in [6, 6.07) is 8.51. The number of halogens is 1. The average Bonchev–Trinajstić information content (AvgIpc) is 2.82. The number of anilines is 1. The summed E-state index contributed by atoms with van der Waals surface area (Å²) in [6.45, 7) is 3.14. The highest BCUT2D eigenvalue weighted by molar-refractivity contribution is 6.32. The molecular weight excluding hydrogens is 246 g/mol. The topological polar surface area (TPSA) is 39.1 Å². The maximum absolute atomic E-state index is 9.24. The Morgan fingerprint density at radius 3 is 3.06 bits per heavy atom. The van der Waals surface area contributed by atoms with Crippen molar-refractivity contribution in [1.29, 1.82) is 5.26 Å². The molecule has 1 aromatic carbocycles. The second kappa shape index (κ2) is 4.79. The first kappa shape index (κ1) is 11.8. The third kappa shape index (κ3) is 1.96. The first-order chi connectivity index (χ1) is 8.79. The van der Waals surface area contributed by atoms with Gasteiger partial charge in [0.05, 0.1) is 16.3 Å². The number of nitrogens with one attached hydrogen (secondary N) is 1. The van der Waals surface area contributed by atoms with Gasteiger partial charge in [-0.2, -0.15) is 5.26 Å². The van der Waals surface area contributed by atoms with Crippen LogP contribution in [0.15, 0.2) is 18.2 Å². The van der Waals surface area contributed by atoms with Crippen LogP contribution in [0.2, 0.25) is 5.02 Å². The molecule has 2 heterocycles. The highest BCUT2D eigenvalue weighted by Crippen LogP contribution is 2.33. The Balaban J connectivity index is 1.88. The Labute approximate surface area is 112 Å². The van der Waals surface area contributed by atoms with E-state index in [1.54, 1.807) is 6.07 Å². The number of hydrogen-bond acceptors (Lipinski definition) is 3. The van der Waals surface area contributed by atoms with Gasteiger partial charge >= 0.3 is 0 Å². The number of piperidine rings is 1. The summed E-state index contributed by atoms with van der Waals surface area (Å²) in [5, 5.41) is 13.4. The van der Waals surface area contributed by atoms with Gasteiger partial charge in [0.25, 0.3) is 0 Å². The Morgan fingerprint density at radius 2 is 2.28 bits per heavy atom. The van der Waals surface area contributed by atoms with E-state index in [0.717, 1.165) is 25.3 Å². The smallest absolute Gasteiger partial charge is 0.103 e. The largest absolute Gasteiger partial charge is 0.369 e. The second-order valence-electron chi connectivity index (χ2n) is 5.11. The van der Waals surface area contributed by atoms with E-state index in [9.17, 15) is 5.26 Å². The van der Waals surface area contributed by atoms with Crippen LogP contribution in [0.1, 0.15) is 18.4 Å². The minimum absolute atomic E-state index is 0.554.